The fourth-order valence-electron chi connectivity index (χ4n) is 2.94. The Labute approximate surface area is 152 Å². The van der Waals surface area contributed by atoms with Crippen LogP contribution in [0.2, 0.25) is 0 Å². The van der Waals surface area contributed by atoms with E-state index in [0.717, 1.165) is 28.8 Å². The first-order valence-corrected chi connectivity index (χ1v) is 8.41. The van der Waals surface area contributed by atoms with E-state index in [2.05, 4.69) is 41.4 Å². The highest BCUT2D eigenvalue weighted by molar-refractivity contribution is 5.92. The molecular weight excluding hydrogens is 326 g/mol. The SMILES string of the molecule is CC(C)(C)Cn1c(Cc2ccc(C(N)=O)cc2)cc2cnc(C#N)nc21. The number of nitrogens with zero attached hydrogens (tertiary/aromatic N) is 4. The Kier molecular flexibility index (Phi) is 4.47. The van der Waals surface area contributed by atoms with Crippen LogP contribution in [0.3, 0.4) is 0 Å². The predicted octanol–water partition coefficient (Wildman–Crippen LogP) is 3.04. The van der Waals surface area contributed by atoms with Crippen LogP contribution in [0.25, 0.3) is 11.0 Å². The van der Waals surface area contributed by atoms with Crippen molar-refractivity contribution in [2.75, 3.05) is 0 Å². The summed E-state index contributed by atoms with van der Waals surface area (Å²) in [5.41, 5.74) is 8.78. The molecule has 2 N–H and O–H groups in total. The van der Waals surface area contributed by atoms with Gasteiger partial charge in [0, 0.05) is 35.8 Å². The summed E-state index contributed by atoms with van der Waals surface area (Å²) < 4.78 is 2.15. The van der Waals surface area contributed by atoms with E-state index in [9.17, 15) is 4.79 Å². The molecule has 0 saturated heterocycles. The van der Waals surface area contributed by atoms with Crippen molar-refractivity contribution < 1.29 is 4.79 Å². The maximum Gasteiger partial charge on any atom is 0.248 e. The monoisotopic (exact) mass is 347 g/mol. The Morgan fingerprint density at radius 1 is 1.27 bits per heavy atom. The minimum atomic E-state index is -0.433. The molecular formula is C20H21N5O. The third-order valence-corrected chi connectivity index (χ3v) is 4.08. The van der Waals surface area contributed by atoms with Gasteiger partial charge in [-0.3, -0.25) is 4.79 Å². The van der Waals surface area contributed by atoms with Crippen molar-refractivity contribution in [3.8, 4) is 6.07 Å². The lowest BCUT2D eigenvalue weighted by Gasteiger charge is -2.21. The minimum Gasteiger partial charge on any atom is -0.366 e. The van der Waals surface area contributed by atoms with E-state index in [4.69, 9.17) is 11.0 Å². The summed E-state index contributed by atoms with van der Waals surface area (Å²) in [5, 5.41) is 10.0. The summed E-state index contributed by atoms with van der Waals surface area (Å²) in [6.45, 7) is 7.26. The number of primary amides is 1. The molecule has 0 aliphatic rings. The second kappa shape index (κ2) is 6.60. The average molecular weight is 347 g/mol. The number of fused-ring (bicyclic) bond motifs is 1. The number of amides is 1. The van der Waals surface area contributed by atoms with Crippen LogP contribution in [0, 0.1) is 16.7 Å². The van der Waals surface area contributed by atoms with Crippen molar-refractivity contribution in [2.24, 2.45) is 11.1 Å². The van der Waals surface area contributed by atoms with Gasteiger partial charge in [-0.05, 0) is 29.2 Å². The Balaban J connectivity index is 2.04. The van der Waals surface area contributed by atoms with Gasteiger partial charge in [-0.25, -0.2) is 9.97 Å². The van der Waals surface area contributed by atoms with E-state index in [-0.39, 0.29) is 11.2 Å². The van der Waals surface area contributed by atoms with Gasteiger partial charge in [0.1, 0.15) is 11.7 Å². The summed E-state index contributed by atoms with van der Waals surface area (Å²) in [6.07, 6.45) is 2.38. The van der Waals surface area contributed by atoms with Crippen molar-refractivity contribution >= 4 is 16.9 Å². The second-order valence-electron chi connectivity index (χ2n) is 7.60. The smallest absolute Gasteiger partial charge is 0.248 e. The van der Waals surface area contributed by atoms with Crippen LogP contribution in [-0.2, 0) is 13.0 Å². The lowest BCUT2D eigenvalue weighted by Crippen LogP contribution is -2.18. The Bertz CT molecular complexity index is 1000. The number of hydrogen-bond acceptors (Lipinski definition) is 4. The van der Waals surface area contributed by atoms with Crippen molar-refractivity contribution in [3.63, 3.8) is 0 Å². The summed E-state index contributed by atoms with van der Waals surface area (Å²) >= 11 is 0. The van der Waals surface area contributed by atoms with Crippen molar-refractivity contribution in [2.45, 2.75) is 33.7 Å². The van der Waals surface area contributed by atoms with E-state index in [1.807, 2.05) is 18.2 Å². The molecule has 132 valence electrons. The molecule has 1 aromatic carbocycles. The summed E-state index contributed by atoms with van der Waals surface area (Å²) in [6, 6.07) is 11.4. The number of nitrogens with two attached hydrogens (primary N) is 1. The first-order valence-electron chi connectivity index (χ1n) is 8.41. The first kappa shape index (κ1) is 17.6. The number of hydrogen-bond donors (Lipinski definition) is 1. The standard InChI is InChI=1S/C20H21N5O/c1-20(2,3)12-25-16(8-13-4-6-14(7-5-13)18(22)26)9-15-11-23-17(10-21)24-19(15)25/h4-7,9,11H,8,12H2,1-3H3,(H2,22,26). The van der Waals surface area contributed by atoms with Gasteiger partial charge >= 0.3 is 0 Å². The molecule has 0 aliphatic carbocycles. The molecule has 0 bridgehead atoms. The van der Waals surface area contributed by atoms with Crippen molar-refractivity contribution in [1.29, 1.82) is 5.26 Å². The van der Waals surface area contributed by atoms with Gasteiger partial charge in [-0.1, -0.05) is 32.9 Å². The highest BCUT2D eigenvalue weighted by Gasteiger charge is 2.18. The van der Waals surface area contributed by atoms with E-state index in [1.54, 1.807) is 18.3 Å². The highest BCUT2D eigenvalue weighted by Crippen LogP contribution is 2.26. The molecule has 0 saturated carbocycles. The zero-order chi connectivity index (χ0) is 18.9. The summed E-state index contributed by atoms with van der Waals surface area (Å²) in [5.74, 6) is -0.263. The normalized spacial score (nSPS) is 11.5. The molecule has 2 aromatic heterocycles. The number of benzene rings is 1. The number of nitriles is 1. The van der Waals surface area contributed by atoms with Gasteiger partial charge in [0.25, 0.3) is 0 Å². The van der Waals surface area contributed by atoms with Crippen LogP contribution in [0.5, 0.6) is 0 Å². The maximum absolute atomic E-state index is 11.2. The molecule has 0 radical (unpaired) electrons. The van der Waals surface area contributed by atoms with Crippen LogP contribution in [0.4, 0.5) is 0 Å². The zero-order valence-corrected chi connectivity index (χ0v) is 15.2. The number of aromatic nitrogens is 3. The lowest BCUT2D eigenvalue weighted by atomic mass is 9.96. The molecule has 0 aliphatic heterocycles. The molecule has 6 heteroatoms. The van der Waals surface area contributed by atoms with E-state index in [1.165, 1.54) is 0 Å². The topological polar surface area (TPSA) is 97.6 Å². The highest BCUT2D eigenvalue weighted by atomic mass is 16.1. The van der Waals surface area contributed by atoms with Gasteiger partial charge in [0.15, 0.2) is 0 Å². The van der Waals surface area contributed by atoms with Gasteiger partial charge < -0.3 is 10.3 Å². The van der Waals surface area contributed by atoms with Gasteiger partial charge in [0.05, 0.1) is 0 Å². The van der Waals surface area contributed by atoms with Crippen molar-refractivity contribution in [3.05, 3.63) is 59.2 Å². The average Bonchev–Trinajstić information content (AvgIpc) is 2.90. The second-order valence-corrected chi connectivity index (χ2v) is 7.60. The fourth-order valence-corrected chi connectivity index (χ4v) is 2.94. The van der Waals surface area contributed by atoms with Gasteiger partial charge in [0.2, 0.25) is 11.7 Å². The summed E-state index contributed by atoms with van der Waals surface area (Å²) in [7, 11) is 0. The van der Waals surface area contributed by atoms with Gasteiger partial charge in [-0.15, -0.1) is 0 Å². The van der Waals surface area contributed by atoms with Crippen LogP contribution in [0.1, 0.15) is 48.2 Å². The molecule has 0 fully saturated rings. The molecule has 0 atom stereocenters. The molecule has 3 rings (SSSR count). The molecule has 1 amide bonds. The van der Waals surface area contributed by atoms with Crippen LogP contribution in [0.15, 0.2) is 36.5 Å². The molecule has 6 nitrogen and oxygen atoms in total. The van der Waals surface area contributed by atoms with E-state index >= 15 is 0 Å². The molecule has 0 spiro atoms. The van der Waals surface area contributed by atoms with Gasteiger partial charge in [-0.2, -0.15) is 5.26 Å². The van der Waals surface area contributed by atoms with Crippen LogP contribution < -0.4 is 5.73 Å². The Hall–Kier alpha value is -3.20. The van der Waals surface area contributed by atoms with E-state index < -0.39 is 5.91 Å². The quantitative estimate of drug-likeness (QED) is 0.784. The first-order chi connectivity index (χ1) is 12.3. The fraction of sp³-hybridized carbons (Fsp3) is 0.300. The Morgan fingerprint density at radius 3 is 2.54 bits per heavy atom. The largest absolute Gasteiger partial charge is 0.366 e. The molecule has 2 heterocycles. The predicted molar refractivity (Wildman–Crippen MR) is 99.5 cm³/mol. The van der Waals surface area contributed by atoms with Crippen LogP contribution >= 0.6 is 0 Å². The zero-order valence-electron chi connectivity index (χ0n) is 15.2. The third kappa shape index (κ3) is 3.72. The number of carbonyl (C=O) groups excluding carboxylic acids is 1. The third-order valence-electron chi connectivity index (χ3n) is 4.08. The number of rotatable bonds is 4. The van der Waals surface area contributed by atoms with Crippen molar-refractivity contribution in [1.82, 2.24) is 14.5 Å². The molecule has 26 heavy (non-hydrogen) atoms. The number of carbonyl (C=O) groups is 1. The Morgan fingerprint density at radius 2 is 1.96 bits per heavy atom. The maximum atomic E-state index is 11.2. The molecule has 0 unspecified atom stereocenters. The van der Waals surface area contributed by atoms with E-state index in [0.29, 0.717) is 12.0 Å². The minimum absolute atomic E-state index is 0.0499. The van der Waals surface area contributed by atoms with Crippen LogP contribution in [-0.4, -0.2) is 20.4 Å². The lowest BCUT2D eigenvalue weighted by molar-refractivity contribution is 0.100. The summed E-state index contributed by atoms with van der Waals surface area (Å²) in [4.78, 5) is 19.7. The molecule has 3 aromatic rings.